The van der Waals surface area contributed by atoms with Crippen molar-refractivity contribution in [2.75, 3.05) is 31.1 Å². The SMILES string of the molecule is O=C(c1cccc2ccccc12)C1CCCN(C(=O)c2cccc(N3CCNC3=O)c2)C1. The van der Waals surface area contributed by atoms with E-state index in [1.807, 2.05) is 48.5 Å². The molecule has 32 heavy (non-hydrogen) atoms. The molecule has 2 saturated heterocycles. The maximum atomic E-state index is 13.4. The Kier molecular flexibility index (Phi) is 5.35. The normalized spacial score (nSPS) is 18.6. The van der Waals surface area contributed by atoms with E-state index < -0.39 is 0 Å². The summed E-state index contributed by atoms with van der Waals surface area (Å²) in [5.74, 6) is -0.213. The molecule has 2 aliphatic rings. The predicted molar refractivity (Wildman–Crippen MR) is 124 cm³/mol. The van der Waals surface area contributed by atoms with E-state index in [2.05, 4.69) is 5.32 Å². The Hall–Kier alpha value is -3.67. The first-order valence-corrected chi connectivity index (χ1v) is 11.1. The van der Waals surface area contributed by atoms with E-state index in [0.29, 0.717) is 37.4 Å². The van der Waals surface area contributed by atoms with Crippen LogP contribution in [0.15, 0.2) is 66.7 Å². The summed E-state index contributed by atoms with van der Waals surface area (Å²) in [4.78, 5) is 42.1. The number of ketones is 1. The van der Waals surface area contributed by atoms with E-state index >= 15 is 0 Å². The van der Waals surface area contributed by atoms with Gasteiger partial charge >= 0.3 is 6.03 Å². The molecule has 6 nitrogen and oxygen atoms in total. The summed E-state index contributed by atoms with van der Waals surface area (Å²) in [7, 11) is 0. The monoisotopic (exact) mass is 427 g/mol. The standard InChI is InChI=1S/C26H25N3O3/c30-24(23-12-4-7-18-6-1-2-11-22(18)23)20-9-5-14-28(17-20)25(31)19-8-3-10-21(16-19)29-15-13-27-26(29)32/h1-4,6-8,10-12,16,20H,5,9,13-15,17H2,(H,27,32). The van der Waals surface area contributed by atoms with Gasteiger partial charge in [0.05, 0.1) is 0 Å². The number of amides is 3. The third-order valence-corrected chi connectivity index (χ3v) is 6.40. The Morgan fingerprint density at radius 1 is 0.938 bits per heavy atom. The number of Topliss-reactive ketones (excluding diaryl/α,β-unsaturated/α-hetero) is 1. The minimum Gasteiger partial charge on any atom is -0.338 e. The molecule has 6 heteroatoms. The second-order valence-electron chi connectivity index (χ2n) is 8.42. The fourth-order valence-corrected chi connectivity index (χ4v) is 4.74. The van der Waals surface area contributed by atoms with Crippen molar-refractivity contribution in [3.63, 3.8) is 0 Å². The number of carbonyl (C=O) groups excluding carboxylic acids is 3. The molecule has 1 unspecified atom stereocenters. The molecule has 3 aromatic rings. The highest BCUT2D eigenvalue weighted by Crippen LogP contribution is 2.27. The lowest BCUT2D eigenvalue weighted by Crippen LogP contribution is -2.42. The smallest absolute Gasteiger partial charge is 0.321 e. The van der Waals surface area contributed by atoms with Gasteiger partial charge < -0.3 is 10.2 Å². The fourth-order valence-electron chi connectivity index (χ4n) is 4.74. The minimum absolute atomic E-state index is 0.0955. The van der Waals surface area contributed by atoms with Crippen molar-refractivity contribution in [3.8, 4) is 0 Å². The maximum absolute atomic E-state index is 13.4. The Morgan fingerprint density at radius 3 is 2.59 bits per heavy atom. The molecule has 0 aliphatic carbocycles. The van der Waals surface area contributed by atoms with Crippen LogP contribution in [0.25, 0.3) is 10.8 Å². The first kappa shape index (κ1) is 20.2. The van der Waals surface area contributed by atoms with Crippen molar-refractivity contribution < 1.29 is 14.4 Å². The van der Waals surface area contributed by atoms with Gasteiger partial charge in [-0.25, -0.2) is 4.79 Å². The van der Waals surface area contributed by atoms with E-state index in [1.54, 1.807) is 28.0 Å². The summed E-state index contributed by atoms with van der Waals surface area (Å²) in [5.41, 5.74) is 1.98. The zero-order chi connectivity index (χ0) is 22.1. The molecule has 2 fully saturated rings. The van der Waals surface area contributed by atoms with Crippen LogP contribution in [0.2, 0.25) is 0 Å². The van der Waals surface area contributed by atoms with Gasteiger partial charge in [0, 0.05) is 48.9 Å². The summed E-state index contributed by atoms with van der Waals surface area (Å²) < 4.78 is 0. The van der Waals surface area contributed by atoms with Crippen molar-refractivity contribution in [1.29, 1.82) is 0 Å². The van der Waals surface area contributed by atoms with Crippen LogP contribution in [0.1, 0.15) is 33.6 Å². The zero-order valence-corrected chi connectivity index (χ0v) is 17.8. The highest BCUT2D eigenvalue weighted by molar-refractivity contribution is 6.09. The minimum atomic E-state index is -0.217. The van der Waals surface area contributed by atoms with Crippen molar-refractivity contribution in [2.24, 2.45) is 5.92 Å². The lowest BCUT2D eigenvalue weighted by Gasteiger charge is -2.32. The number of carbonyl (C=O) groups is 3. The molecule has 5 rings (SSSR count). The van der Waals surface area contributed by atoms with Crippen LogP contribution >= 0.6 is 0 Å². The Labute approximate surface area is 186 Å². The fraction of sp³-hybridized carbons (Fsp3) is 0.269. The van der Waals surface area contributed by atoms with Gasteiger partial charge in [-0.05, 0) is 41.8 Å². The highest BCUT2D eigenvalue weighted by Gasteiger charge is 2.30. The van der Waals surface area contributed by atoms with Gasteiger partial charge in [0.25, 0.3) is 5.91 Å². The molecule has 3 aromatic carbocycles. The lowest BCUT2D eigenvalue weighted by atomic mass is 9.87. The van der Waals surface area contributed by atoms with E-state index in [1.165, 1.54) is 0 Å². The van der Waals surface area contributed by atoms with Crippen molar-refractivity contribution in [3.05, 3.63) is 77.9 Å². The quantitative estimate of drug-likeness (QED) is 0.637. The molecule has 1 N–H and O–H groups in total. The first-order chi connectivity index (χ1) is 15.6. The number of nitrogens with one attached hydrogen (secondary N) is 1. The average Bonchev–Trinajstić information content (AvgIpc) is 3.28. The summed E-state index contributed by atoms with van der Waals surface area (Å²) in [6.07, 6.45) is 1.57. The number of benzene rings is 3. The van der Waals surface area contributed by atoms with Crippen molar-refractivity contribution in [2.45, 2.75) is 12.8 Å². The van der Waals surface area contributed by atoms with E-state index in [4.69, 9.17) is 0 Å². The molecule has 3 amide bonds. The average molecular weight is 428 g/mol. The summed E-state index contributed by atoms with van der Waals surface area (Å²) in [6, 6.07) is 20.8. The zero-order valence-electron chi connectivity index (χ0n) is 17.8. The molecular formula is C26H25N3O3. The second kappa shape index (κ2) is 8.46. The van der Waals surface area contributed by atoms with Crippen LogP contribution in [-0.2, 0) is 0 Å². The Balaban J connectivity index is 1.35. The molecule has 0 radical (unpaired) electrons. The van der Waals surface area contributed by atoms with Crippen LogP contribution in [0.3, 0.4) is 0 Å². The van der Waals surface area contributed by atoms with Gasteiger partial charge in [-0.2, -0.15) is 0 Å². The number of anilines is 1. The molecule has 2 heterocycles. The number of hydrogen-bond acceptors (Lipinski definition) is 3. The first-order valence-electron chi connectivity index (χ1n) is 11.1. The maximum Gasteiger partial charge on any atom is 0.321 e. The van der Waals surface area contributed by atoms with E-state index in [-0.39, 0.29) is 23.6 Å². The van der Waals surface area contributed by atoms with Gasteiger partial charge in [0.2, 0.25) is 0 Å². The third-order valence-electron chi connectivity index (χ3n) is 6.40. The van der Waals surface area contributed by atoms with Gasteiger partial charge in [0.15, 0.2) is 5.78 Å². The van der Waals surface area contributed by atoms with Crippen LogP contribution in [-0.4, -0.2) is 48.8 Å². The third kappa shape index (κ3) is 3.73. The second-order valence-corrected chi connectivity index (χ2v) is 8.42. The number of hydrogen-bond donors (Lipinski definition) is 1. The van der Waals surface area contributed by atoms with Gasteiger partial charge in [-0.3, -0.25) is 14.5 Å². The molecule has 2 aliphatic heterocycles. The largest absolute Gasteiger partial charge is 0.338 e. The van der Waals surface area contributed by atoms with Gasteiger partial charge in [0.1, 0.15) is 0 Å². The summed E-state index contributed by atoms with van der Waals surface area (Å²) in [5, 5.41) is 4.79. The van der Waals surface area contributed by atoms with Crippen LogP contribution < -0.4 is 10.2 Å². The molecule has 0 spiro atoms. The molecule has 0 saturated carbocycles. The van der Waals surface area contributed by atoms with Crippen molar-refractivity contribution in [1.82, 2.24) is 10.2 Å². The predicted octanol–water partition coefficient (Wildman–Crippen LogP) is 4.10. The van der Waals surface area contributed by atoms with Crippen LogP contribution in [0.4, 0.5) is 10.5 Å². The number of rotatable bonds is 4. The van der Waals surface area contributed by atoms with Gasteiger partial charge in [-0.15, -0.1) is 0 Å². The van der Waals surface area contributed by atoms with Gasteiger partial charge in [-0.1, -0.05) is 48.5 Å². The molecule has 0 aromatic heterocycles. The number of likely N-dealkylation sites (tertiary alicyclic amines) is 1. The summed E-state index contributed by atoms with van der Waals surface area (Å²) >= 11 is 0. The van der Waals surface area contributed by atoms with Crippen LogP contribution in [0.5, 0.6) is 0 Å². The van der Waals surface area contributed by atoms with Crippen molar-refractivity contribution >= 4 is 34.2 Å². The van der Waals surface area contributed by atoms with E-state index in [0.717, 1.165) is 29.2 Å². The molecular weight excluding hydrogens is 402 g/mol. The molecule has 162 valence electrons. The lowest BCUT2D eigenvalue weighted by molar-refractivity contribution is 0.0637. The van der Waals surface area contributed by atoms with E-state index in [9.17, 15) is 14.4 Å². The Morgan fingerprint density at radius 2 is 1.75 bits per heavy atom. The molecule has 0 bridgehead atoms. The van der Waals surface area contributed by atoms with Crippen LogP contribution in [0, 0.1) is 5.92 Å². The number of piperidine rings is 1. The topological polar surface area (TPSA) is 69.7 Å². The number of nitrogens with zero attached hydrogens (tertiary/aromatic N) is 2. The Bertz CT molecular complexity index is 1200. The number of fused-ring (bicyclic) bond motifs is 1. The molecule has 1 atom stereocenters. The number of urea groups is 1. The highest BCUT2D eigenvalue weighted by atomic mass is 16.2. The summed E-state index contributed by atoms with van der Waals surface area (Å²) in [6.45, 7) is 2.23.